The van der Waals surface area contributed by atoms with Crippen molar-refractivity contribution in [1.82, 2.24) is 4.90 Å². The van der Waals surface area contributed by atoms with Gasteiger partial charge < -0.3 is 15.1 Å². The molecule has 33 heavy (non-hydrogen) atoms. The lowest BCUT2D eigenvalue weighted by atomic mass is 9.94. The first-order chi connectivity index (χ1) is 16.1. The predicted molar refractivity (Wildman–Crippen MR) is 129 cm³/mol. The van der Waals surface area contributed by atoms with Crippen molar-refractivity contribution < 1.29 is 14.4 Å². The largest absolute Gasteiger partial charge is 0.342 e. The molecule has 0 aliphatic carbocycles. The van der Waals surface area contributed by atoms with E-state index in [1.165, 1.54) is 0 Å². The number of hydrogen-bond acceptors (Lipinski definition) is 3. The van der Waals surface area contributed by atoms with Crippen LogP contribution in [0.3, 0.4) is 0 Å². The SMILES string of the molecule is O=C(Nc1ccccc1)C1CCN(C(=O)[C@H]2CC(=O)N(c3cccc4ccccc34)C2)CC1. The van der Waals surface area contributed by atoms with Crippen molar-refractivity contribution in [2.75, 3.05) is 29.9 Å². The maximum atomic E-state index is 13.2. The Morgan fingerprint density at radius 2 is 1.52 bits per heavy atom. The van der Waals surface area contributed by atoms with Crippen LogP contribution in [0, 0.1) is 11.8 Å². The third-order valence-corrected chi connectivity index (χ3v) is 6.75. The molecule has 2 aliphatic heterocycles. The number of para-hydroxylation sites is 1. The van der Waals surface area contributed by atoms with Crippen molar-refractivity contribution in [2.24, 2.45) is 11.8 Å². The minimum Gasteiger partial charge on any atom is -0.342 e. The van der Waals surface area contributed by atoms with Crippen LogP contribution in [0.25, 0.3) is 10.8 Å². The normalized spacial score (nSPS) is 19.2. The van der Waals surface area contributed by atoms with Crippen molar-refractivity contribution >= 4 is 39.9 Å². The van der Waals surface area contributed by atoms with E-state index >= 15 is 0 Å². The van der Waals surface area contributed by atoms with Crippen LogP contribution < -0.4 is 10.2 Å². The Hall–Kier alpha value is -3.67. The van der Waals surface area contributed by atoms with E-state index in [4.69, 9.17) is 0 Å². The van der Waals surface area contributed by atoms with Gasteiger partial charge in [0.05, 0.1) is 11.6 Å². The van der Waals surface area contributed by atoms with Gasteiger partial charge >= 0.3 is 0 Å². The standard InChI is InChI=1S/C27H27N3O3/c31-25-17-21(18-30(25)24-12-6-8-19-7-4-5-11-23(19)24)27(33)29-15-13-20(14-16-29)26(32)28-22-9-2-1-3-10-22/h1-12,20-21H,13-18H2,(H,28,32)/t21-/m0/s1. The molecule has 6 nitrogen and oxygen atoms in total. The number of hydrogen-bond donors (Lipinski definition) is 1. The van der Waals surface area contributed by atoms with Gasteiger partial charge in [0, 0.05) is 43.0 Å². The van der Waals surface area contributed by atoms with Crippen molar-refractivity contribution in [3.05, 3.63) is 72.8 Å². The summed E-state index contributed by atoms with van der Waals surface area (Å²) in [6.45, 7) is 1.50. The van der Waals surface area contributed by atoms with Gasteiger partial charge in [-0.1, -0.05) is 54.6 Å². The van der Waals surface area contributed by atoms with Crippen LogP contribution in [-0.2, 0) is 14.4 Å². The Bertz CT molecular complexity index is 1180. The van der Waals surface area contributed by atoms with E-state index in [1.54, 1.807) is 4.90 Å². The van der Waals surface area contributed by atoms with E-state index in [2.05, 4.69) is 5.32 Å². The van der Waals surface area contributed by atoms with Gasteiger partial charge in [0.25, 0.3) is 0 Å². The molecular weight excluding hydrogens is 414 g/mol. The summed E-state index contributed by atoms with van der Waals surface area (Å²) < 4.78 is 0. The number of carbonyl (C=O) groups excluding carboxylic acids is 3. The number of rotatable bonds is 4. The Kier molecular flexibility index (Phi) is 5.82. The van der Waals surface area contributed by atoms with E-state index in [9.17, 15) is 14.4 Å². The smallest absolute Gasteiger partial charge is 0.228 e. The Morgan fingerprint density at radius 1 is 0.818 bits per heavy atom. The van der Waals surface area contributed by atoms with Gasteiger partial charge in [0.15, 0.2) is 0 Å². The molecule has 2 aliphatic rings. The number of amides is 3. The summed E-state index contributed by atoms with van der Waals surface area (Å²) in [5.74, 6) is -0.431. The summed E-state index contributed by atoms with van der Waals surface area (Å²) >= 11 is 0. The minimum atomic E-state index is -0.342. The maximum Gasteiger partial charge on any atom is 0.228 e. The Labute approximate surface area is 193 Å². The zero-order valence-corrected chi connectivity index (χ0v) is 18.4. The zero-order chi connectivity index (χ0) is 22.8. The molecule has 6 heteroatoms. The number of nitrogens with zero attached hydrogens (tertiary/aromatic N) is 2. The fourth-order valence-corrected chi connectivity index (χ4v) is 4.94. The molecule has 0 unspecified atom stereocenters. The third-order valence-electron chi connectivity index (χ3n) is 6.75. The topological polar surface area (TPSA) is 69.7 Å². The molecule has 0 bridgehead atoms. The molecule has 0 spiro atoms. The number of fused-ring (bicyclic) bond motifs is 1. The summed E-state index contributed by atoms with van der Waals surface area (Å²) in [7, 11) is 0. The van der Waals surface area contributed by atoms with Crippen LogP contribution in [0.1, 0.15) is 19.3 Å². The van der Waals surface area contributed by atoms with E-state index in [-0.39, 0.29) is 36.0 Å². The predicted octanol–water partition coefficient (Wildman–Crippen LogP) is 4.07. The number of nitrogens with one attached hydrogen (secondary N) is 1. The highest BCUT2D eigenvalue weighted by molar-refractivity contribution is 6.07. The fourth-order valence-electron chi connectivity index (χ4n) is 4.94. The van der Waals surface area contributed by atoms with Gasteiger partial charge in [0.2, 0.25) is 17.7 Å². The van der Waals surface area contributed by atoms with Crippen molar-refractivity contribution in [1.29, 1.82) is 0 Å². The van der Waals surface area contributed by atoms with Crippen molar-refractivity contribution in [3.63, 3.8) is 0 Å². The summed E-state index contributed by atoms with van der Waals surface area (Å²) in [5.41, 5.74) is 1.66. The maximum absolute atomic E-state index is 13.2. The first-order valence-electron chi connectivity index (χ1n) is 11.5. The molecule has 0 radical (unpaired) electrons. The van der Waals surface area contributed by atoms with Crippen LogP contribution in [0.2, 0.25) is 0 Å². The lowest BCUT2D eigenvalue weighted by Gasteiger charge is -2.33. The Morgan fingerprint density at radius 3 is 2.30 bits per heavy atom. The number of likely N-dealkylation sites (tertiary alicyclic amines) is 1. The summed E-state index contributed by atoms with van der Waals surface area (Å²) in [6.07, 6.45) is 1.51. The van der Waals surface area contributed by atoms with E-state index in [1.807, 2.05) is 77.7 Å². The molecular formula is C27H27N3O3. The van der Waals surface area contributed by atoms with Gasteiger partial charge in [-0.3, -0.25) is 14.4 Å². The van der Waals surface area contributed by atoms with Gasteiger partial charge in [-0.05, 0) is 36.4 Å². The number of carbonyl (C=O) groups is 3. The van der Waals surface area contributed by atoms with Crippen LogP contribution in [0.15, 0.2) is 72.8 Å². The van der Waals surface area contributed by atoms with Crippen LogP contribution in [0.5, 0.6) is 0 Å². The molecule has 3 aromatic carbocycles. The second-order valence-corrected chi connectivity index (χ2v) is 8.86. The van der Waals surface area contributed by atoms with Gasteiger partial charge in [-0.25, -0.2) is 0 Å². The summed E-state index contributed by atoms with van der Waals surface area (Å²) in [4.78, 5) is 42.2. The molecule has 2 saturated heterocycles. The monoisotopic (exact) mass is 441 g/mol. The second-order valence-electron chi connectivity index (χ2n) is 8.86. The molecule has 3 amide bonds. The van der Waals surface area contributed by atoms with Gasteiger partial charge in [0.1, 0.15) is 0 Å². The molecule has 3 aromatic rings. The van der Waals surface area contributed by atoms with E-state index in [0.29, 0.717) is 32.5 Å². The molecule has 0 saturated carbocycles. The minimum absolute atomic E-state index is 0.00599. The highest BCUT2D eigenvalue weighted by Crippen LogP contribution is 2.33. The number of anilines is 2. The fraction of sp³-hybridized carbons (Fsp3) is 0.296. The quantitative estimate of drug-likeness (QED) is 0.664. The van der Waals surface area contributed by atoms with Crippen LogP contribution in [-0.4, -0.2) is 42.3 Å². The molecule has 5 rings (SSSR count). The van der Waals surface area contributed by atoms with E-state index < -0.39 is 0 Å². The zero-order valence-electron chi connectivity index (χ0n) is 18.4. The number of benzene rings is 3. The molecule has 1 atom stereocenters. The Balaban J connectivity index is 1.20. The highest BCUT2D eigenvalue weighted by atomic mass is 16.2. The van der Waals surface area contributed by atoms with Crippen LogP contribution >= 0.6 is 0 Å². The molecule has 2 heterocycles. The highest BCUT2D eigenvalue weighted by Gasteiger charge is 2.39. The number of piperidine rings is 1. The third kappa shape index (κ3) is 4.33. The first-order valence-corrected chi connectivity index (χ1v) is 11.5. The van der Waals surface area contributed by atoms with Gasteiger partial charge in [-0.15, -0.1) is 0 Å². The van der Waals surface area contributed by atoms with Crippen LogP contribution in [0.4, 0.5) is 11.4 Å². The molecule has 168 valence electrons. The lowest BCUT2D eigenvalue weighted by molar-refractivity contribution is -0.138. The van der Waals surface area contributed by atoms with E-state index in [0.717, 1.165) is 22.1 Å². The second kappa shape index (κ2) is 9.06. The molecule has 0 aromatic heterocycles. The average Bonchev–Trinajstić information content (AvgIpc) is 3.25. The van der Waals surface area contributed by atoms with Gasteiger partial charge in [-0.2, -0.15) is 0 Å². The summed E-state index contributed by atoms with van der Waals surface area (Å²) in [5, 5.41) is 5.06. The first kappa shape index (κ1) is 21.2. The summed E-state index contributed by atoms with van der Waals surface area (Å²) in [6, 6.07) is 23.3. The molecule has 1 N–H and O–H groups in total. The lowest BCUT2D eigenvalue weighted by Crippen LogP contribution is -2.44. The molecule has 2 fully saturated rings. The van der Waals surface area contributed by atoms with Crippen molar-refractivity contribution in [2.45, 2.75) is 19.3 Å². The average molecular weight is 442 g/mol. The van der Waals surface area contributed by atoms with Crippen molar-refractivity contribution in [3.8, 4) is 0 Å².